The minimum absolute atomic E-state index is 0.0968. The number of hydrogen-bond acceptors (Lipinski definition) is 5. The first-order valence-corrected chi connectivity index (χ1v) is 11.6. The third kappa shape index (κ3) is 4.67. The molecule has 31 heavy (non-hydrogen) atoms. The highest BCUT2D eigenvalue weighted by atomic mass is 32.1. The van der Waals surface area contributed by atoms with Gasteiger partial charge in [-0.05, 0) is 38.5 Å². The van der Waals surface area contributed by atoms with Gasteiger partial charge in [-0.15, -0.1) is 11.3 Å². The molecule has 1 saturated heterocycles. The summed E-state index contributed by atoms with van der Waals surface area (Å²) in [4.78, 5) is 21.9. The molecule has 7 heteroatoms. The monoisotopic (exact) mass is 438 g/mol. The zero-order valence-electron chi connectivity index (χ0n) is 18.7. The molecule has 6 nitrogen and oxygen atoms in total. The molecule has 164 valence electrons. The van der Waals surface area contributed by atoms with Crippen molar-refractivity contribution in [2.75, 3.05) is 38.3 Å². The van der Waals surface area contributed by atoms with Crippen LogP contribution in [0.3, 0.4) is 0 Å². The van der Waals surface area contributed by atoms with Gasteiger partial charge in [0, 0.05) is 54.7 Å². The van der Waals surface area contributed by atoms with Gasteiger partial charge in [0.1, 0.15) is 6.54 Å². The highest BCUT2D eigenvalue weighted by molar-refractivity contribution is 7.09. The molecule has 1 aliphatic rings. The Hall–Kier alpha value is -2.64. The molecule has 0 aliphatic carbocycles. The molecule has 3 aromatic rings. The van der Waals surface area contributed by atoms with E-state index >= 15 is 0 Å². The number of rotatable bonds is 6. The summed E-state index contributed by atoms with van der Waals surface area (Å²) in [5.41, 5.74) is 6.61. The van der Waals surface area contributed by atoms with Gasteiger partial charge in [0.15, 0.2) is 0 Å². The number of para-hydroxylation sites is 1. The molecular weight excluding hydrogens is 408 g/mol. The number of benzene rings is 1. The third-order valence-corrected chi connectivity index (χ3v) is 6.71. The lowest BCUT2D eigenvalue weighted by Crippen LogP contribution is -2.37. The molecule has 1 aromatic carbocycles. The summed E-state index contributed by atoms with van der Waals surface area (Å²) in [6.07, 6.45) is 0. The molecule has 0 N–H and O–H groups in total. The van der Waals surface area contributed by atoms with Crippen molar-refractivity contribution in [3.8, 4) is 11.3 Å². The van der Waals surface area contributed by atoms with E-state index in [0.29, 0.717) is 13.1 Å². The van der Waals surface area contributed by atoms with Crippen LogP contribution in [0.1, 0.15) is 22.0 Å². The van der Waals surface area contributed by atoms with Gasteiger partial charge >= 0.3 is 0 Å². The van der Waals surface area contributed by atoms with Crippen LogP contribution in [0.2, 0.25) is 0 Å². The van der Waals surface area contributed by atoms with Crippen LogP contribution >= 0.6 is 11.3 Å². The predicted molar refractivity (Wildman–Crippen MR) is 126 cm³/mol. The van der Waals surface area contributed by atoms with E-state index in [2.05, 4.69) is 57.9 Å². The number of aromatic nitrogens is 2. The maximum absolute atomic E-state index is 13.1. The molecule has 0 unspecified atom stereocenters. The van der Waals surface area contributed by atoms with Gasteiger partial charge in [-0.25, -0.2) is 4.98 Å². The Labute approximate surface area is 188 Å². The lowest BCUT2D eigenvalue weighted by molar-refractivity contribution is -0.131. The lowest BCUT2D eigenvalue weighted by atomic mass is 10.1. The Morgan fingerprint density at radius 3 is 2.65 bits per heavy atom. The van der Waals surface area contributed by atoms with E-state index in [9.17, 15) is 4.79 Å². The van der Waals surface area contributed by atoms with Crippen molar-refractivity contribution in [3.63, 3.8) is 0 Å². The van der Waals surface area contributed by atoms with Crippen LogP contribution in [0.5, 0.6) is 0 Å². The maximum atomic E-state index is 13.1. The van der Waals surface area contributed by atoms with Gasteiger partial charge < -0.3 is 19.1 Å². The number of aryl methyl sites for hydroxylation is 2. The van der Waals surface area contributed by atoms with E-state index in [4.69, 9.17) is 4.74 Å². The number of hydrogen-bond donors (Lipinski definition) is 0. The fourth-order valence-electron chi connectivity index (χ4n) is 4.15. The SMILES string of the molecule is Cc1nc(-c2cc(C)n(CC(=O)N(C)Cc3ccccc3N3CCOCC3)c2C)cs1. The number of likely N-dealkylation sites (N-methyl/N-ethyl adjacent to an activating group) is 1. The van der Waals surface area contributed by atoms with Crippen LogP contribution in [-0.4, -0.2) is 53.7 Å². The zero-order chi connectivity index (χ0) is 22.0. The number of morpholine rings is 1. The van der Waals surface area contributed by atoms with Crippen molar-refractivity contribution in [1.29, 1.82) is 0 Å². The van der Waals surface area contributed by atoms with Crippen LogP contribution in [0.4, 0.5) is 5.69 Å². The molecule has 0 radical (unpaired) electrons. The van der Waals surface area contributed by atoms with Gasteiger partial charge in [-0.2, -0.15) is 0 Å². The Balaban J connectivity index is 1.48. The van der Waals surface area contributed by atoms with Crippen LogP contribution in [0, 0.1) is 20.8 Å². The van der Waals surface area contributed by atoms with Crippen molar-refractivity contribution in [2.45, 2.75) is 33.9 Å². The van der Waals surface area contributed by atoms with Crippen LogP contribution in [0.25, 0.3) is 11.3 Å². The van der Waals surface area contributed by atoms with E-state index < -0.39 is 0 Å². The number of anilines is 1. The van der Waals surface area contributed by atoms with Gasteiger partial charge in [0.05, 0.1) is 23.9 Å². The summed E-state index contributed by atoms with van der Waals surface area (Å²) in [6, 6.07) is 10.5. The van der Waals surface area contributed by atoms with Gasteiger partial charge in [0.2, 0.25) is 5.91 Å². The van der Waals surface area contributed by atoms with Gasteiger partial charge in [-0.1, -0.05) is 18.2 Å². The molecule has 0 spiro atoms. The van der Waals surface area contributed by atoms with E-state index in [1.54, 1.807) is 11.3 Å². The first-order chi connectivity index (χ1) is 14.9. The second-order valence-electron chi connectivity index (χ2n) is 8.10. The summed E-state index contributed by atoms with van der Waals surface area (Å²) >= 11 is 1.65. The number of nitrogens with zero attached hydrogens (tertiary/aromatic N) is 4. The van der Waals surface area contributed by atoms with Crippen molar-refractivity contribution in [1.82, 2.24) is 14.5 Å². The fourth-order valence-corrected chi connectivity index (χ4v) is 4.76. The first kappa shape index (κ1) is 21.6. The Bertz CT molecular complexity index is 1070. The normalized spacial score (nSPS) is 14.1. The lowest BCUT2D eigenvalue weighted by Gasteiger charge is -2.31. The zero-order valence-corrected chi connectivity index (χ0v) is 19.5. The van der Waals surface area contributed by atoms with Crippen LogP contribution < -0.4 is 4.90 Å². The van der Waals surface area contributed by atoms with Gasteiger partial charge in [0.25, 0.3) is 0 Å². The van der Waals surface area contributed by atoms with Crippen LogP contribution in [-0.2, 0) is 22.6 Å². The summed E-state index contributed by atoms with van der Waals surface area (Å²) in [5, 5.41) is 3.13. The van der Waals surface area contributed by atoms with Crippen molar-refractivity contribution < 1.29 is 9.53 Å². The number of thiazole rings is 1. The Morgan fingerprint density at radius 2 is 1.94 bits per heavy atom. The number of amides is 1. The summed E-state index contributed by atoms with van der Waals surface area (Å²) in [7, 11) is 1.89. The fraction of sp³-hybridized carbons (Fsp3) is 0.417. The molecule has 4 rings (SSSR count). The standard InChI is InChI=1S/C24H30N4O2S/c1-17-13-21(22-16-31-19(3)25-22)18(2)28(17)15-24(29)26(4)14-20-7-5-6-8-23(20)27-9-11-30-12-10-27/h5-8,13,16H,9-12,14-15H2,1-4H3. The van der Waals surface area contributed by atoms with Crippen molar-refractivity contribution in [3.05, 3.63) is 57.7 Å². The average molecular weight is 439 g/mol. The molecule has 1 amide bonds. The highest BCUT2D eigenvalue weighted by Gasteiger charge is 2.19. The molecule has 0 bridgehead atoms. The second-order valence-corrected chi connectivity index (χ2v) is 9.16. The molecular formula is C24H30N4O2S. The van der Waals surface area contributed by atoms with Gasteiger partial charge in [-0.3, -0.25) is 4.79 Å². The van der Waals surface area contributed by atoms with E-state index in [-0.39, 0.29) is 5.91 Å². The molecule has 0 saturated carbocycles. The minimum Gasteiger partial charge on any atom is -0.378 e. The number of ether oxygens (including phenoxy) is 1. The number of carbonyl (C=O) groups is 1. The molecule has 2 aromatic heterocycles. The topological polar surface area (TPSA) is 50.6 Å². The summed E-state index contributed by atoms with van der Waals surface area (Å²) in [6.45, 7) is 10.3. The second kappa shape index (κ2) is 9.24. The van der Waals surface area contributed by atoms with E-state index in [1.807, 2.05) is 24.9 Å². The third-order valence-electron chi connectivity index (χ3n) is 5.94. The molecule has 0 atom stereocenters. The van der Waals surface area contributed by atoms with Crippen molar-refractivity contribution >= 4 is 22.9 Å². The van der Waals surface area contributed by atoms with E-state index in [1.165, 1.54) is 11.3 Å². The minimum atomic E-state index is 0.0968. The van der Waals surface area contributed by atoms with E-state index in [0.717, 1.165) is 54.0 Å². The molecule has 3 heterocycles. The Kier molecular flexibility index (Phi) is 6.43. The first-order valence-electron chi connectivity index (χ1n) is 10.7. The summed E-state index contributed by atoms with van der Waals surface area (Å²) in [5.74, 6) is 0.0968. The maximum Gasteiger partial charge on any atom is 0.242 e. The smallest absolute Gasteiger partial charge is 0.242 e. The summed E-state index contributed by atoms with van der Waals surface area (Å²) < 4.78 is 7.59. The van der Waals surface area contributed by atoms with Crippen molar-refractivity contribution in [2.24, 2.45) is 0 Å². The van der Waals surface area contributed by atoms with Crippen LogP contribution in [0.15, 0.2) is 35.7 Å². The largest absolute Gasteiger partial charge is 0.378 e. The quantitative estimate of drug-likeness (QED) is 0.583. The molecule has 1 fully saturated rings. The average Bonchev–Trinajstić information content (AvgIpc) is 3.32. The predicted octanol–water partition coefficient (Wildman–Crippen LogP) is 4.03. The molecule has 1 aliphatic heterocycles. The number of carbonyl (C=O) groups excluding carboxylic acids is 1. The Morgan fingerprint density at radius 1 is 1.19 bits per heavy atom. The highest BCUT2D eigenvalue weighted by Crippen LogP contribution is 2.28.